The van der Waals surface area contributed by atoms with Gasteiger partial charge in [0.05, 0.1) is 18.2 Å². The van der Waals surface area contributed by atoms with Crippen LogP contribution in [-0.4, -0.2) is 41.8 Å². The standard InChI is InChI=1S/C12H11F3N2O2/c1-17(7-10(18)12(13,14)15)11(19)9-4-2-3-8(5-9)6-16/h2-5,10,18H,7H2,1H3/t10-/m0/s1. The molecule has 102 valence electrons. The van der Waals surface area contributed by atoms with E-state index in [1.807, 2.05) is 6.07 Å². The summed E-state index contributed by atoms with van der Waals surface area (Å²) in [6.07, 6.45) is -7.37. The van der Waals surface area contributed by atoms with Crippen molar-refractivity contribution >= 4 is 5.91 Å². The van der Waals surface area contributed by atoms with Gasteiger partial charge in [-0.1, -0.05) is 6.07 Å². The van der Waals surface area contributed by atoms with Gasteiger partial charge in [0.2, 0.25) is 0 Å². The highest BCUT2D eigenvalue weighted by molar-refractivity contribution is 5.94. The topological polar surface area (TPSA) is 64.3 Å². The average Bonchev–Trinajstić information content (AvgIpc) is 2.36. The number of likely N-dealkylation sites (N-methyl/N-ethyl adjacent to an activating group) is 1. The van der Waals surface area contributed by atoms with Crippen molar-refractivity contribution in [3.05, 3.63) is 35.4 Å². The summed E-state index contributed by atoms with van der Waals surface area (Å²) in [4.78, 5) is 12.6. The monoisotopic (exact) mass is 272 g/mol. The zero-order chi connectivity index (χ0) is 14.6. The number of carbonyl (C=O) groups is 1. The summed E-state index contributed by atoms with van der Waals surface area (Å²) in [6.45, 7) is -0.862. The van der Waals surface area contributed by atoms with Gasteiger partial charge in [-0.25, -0.2) is 0 Å². The van der Waals surface area contributed by atoms with E-state index in [2.05, 4.69) is 0 Å². The smallest absolute Gasteiger partial charge is 0.382 e. The molecule has 0 aliphatic rings. The second-order valence-corrected chi connectivity index (χ2v) is 3.94. The lowest BCUT2D eigenvalue weighted by molar-refractivity contribution is -0.205. The molecule has 0 aliphatic carbocycles. The van der Waals surface area contributed by atoms with E-state index in [-0.39, 0.29) is 11.1 Å². The first kappa shape index (κ1) is 15.0. The number of nitriles is 1. The highest BCUT2D eigenvalue weighted by Gasteiger charge is 2.39. The molecule has 1 N–H and O–H groups in total. The van der Waals surface area contributed by atoms with Crippen LogP contribution in [0.25, 0.3) is 0 Å². The Morgan fingerprint density at radius 3 is 2.68 bits per heavy atom. The van der Waals surface area contributed by atoms with Gasteiger partial charge in [0, 0.05) is 12.6 Å². The van der Waals surface area contributed by atoms with Crippen molar-refractivity contribution in [1.82, 2.24) is 4.90 Å². The van der Waals surface area contributed by atoms with E-state index in [0.717, 1.165) is 11.9 Å². The quantitative estimate of drug-likeness (QED) is 0.908. The summed E-state index contributed by atoms with van der Waals surface area (Å²) in [5.41, 5.74) is 0.326. The van der Waals surface area contributed by atoms with E-state index in [1.54, 1.807) is 0 Å². The van der Waals surface area contributed by atoms with Crippen molar-refractivity contribution < 1.29 is 23.1 Å². The Morgan fingerprint density at radius 1 is 1.53 bits per heavy atom. The van der Waals surface area contributed by atoms with Crippen LogP contribution in [0.3, 0.4) is 0 Å². The maximum atomic E-state index is 12.2. The number of aliphatic hydroxyl groups is 1. The van der Waals surface area contributed by atoms with E-state index in [4.69, 9.17) is 10.4 Å². The Morgan fingerprint density at radius 2 is 2.16 bits per heavy atom. The third-order valence-corrected chi connectivity index (χ3v) is 2.41. The fourth-order valence-corrected chi connectivity index (χ4v) is 1.39. The molecule has 0 bridgehead atoms. The maximum Gasteiger partial charge on any atom is 0.416 e. The van der Waals surface area contributed by atoms with Gasteiger partial charge in [0.15, 0.2) is 6.10 Å². The van der Waals surface area contributed by atoms with Gasteiger partial charge >= 0.3 is 6.18 Å². The maximum absolute atomic E-state index is 12.2. The van der Waals surface area contributed by atoms with Crippen LogP contribution in [0.15, 0.2) is 24.3 Å². The van der Waals surface area contributed by atoms with Crippen LogP contribution in [0, 0.1) is 11.3 Å². The molecule has 0 spiro atoms. The van der Waals surface area contributed by atoms with Crippen molar-refractivity contribution in [2.45, 2.75) is 12.3 Å². The number of alkyl halides is 3. The summed E-state index contributed by atoms with van der Waals surface area (Å²) in [6, 6.07) is 7.42. The van der Waals surface area contributed by atoms with E-state index < -0.39 is 24.7 Å². The van der Waals surface area contributed by atoms with Crippen LogP contribution in [-0.2, 0) is 0 Å². The molecule has 19 heavy (non-hydrogen) atoms. The molecule has 0 fully saturated rings. The van der Waals surface area contributed by atoms with Gasteiger partial charge in [0.25, 0.3) is 5.91 Å². The number of hydrogen-bond donors (Lipinski definition) is 1. The van der Waals surface area contributed by atoms with Gasteiger partial charge in [-0.15, -0.1) is 0 Å². The highest BCUT2D eigenvalue weighted by atomic mass is 19.4. The van der Waals surface area contributed by atoms with E-state index in [9.17, 15) is 18.0 Å². The summed E-state index contributed by atoms with van der Waals surface area (Å²) in [5.74, 6) is -0.694. The van der Waals surface area contributed by atoms with Crippen LogP contribution in [0.1, 0.15) is 15.9 Å². The fraction of sp³-hybridized carbons (Fsp3) is 0.333. The van der Waals surface area contributed by atoms with Crippen molar-refractivity contribution in [3.8, 4) is 6.07 Å². The van der Waals surface area contributed by atoms with Crippen LogP contribution < -0.4 is 0 Å². The summed E-state index contributed by atoms with van der Waals surface area (Å²) < 4.78 is 36.5. The minimum absolute atomic E-state index is 0.0934. The molecule has 0 heterocycles. The Bertz CT molecular complexity index is 508. The molecule has 1 aromatic carbocycles. The lowest BCUT2D eigenvalue weighted by Crippen LogP contribution is -2.41. The molecular formula is C12H11F3N2O2. The first-order valence-electron chi connectivity index (χ1n) is 5.26. The SMILES string of the molecule is CN(C[C@H](O)C(F)(F)F)C(=O)c1cccc(C#N)c1. The van der Waals surface area contributed by atoms with Crippen molar-refractivity contribution in [2.75, 3.05) is 13.6 Å². The second-order valence-electron chi connectivity index (χ2n) is 3.94. The summed E-state index contributed by atoms with van der Waals surface area (Å²) in [5, 5.41) is 17.6. The molecular weight excluding hydrogens is 261 g/mol. The minimum Gasteiger partial charge on any atom is -0.382 e. The van der Waals surface area contributed by atoms with Crippen molar-refractivity contribution in [2.24, 2.45) is 0 Å². The molecule has 7 heteroatoms. The van der Waals surface area contributed by atoms with Gasteiger partial charge in [0.1, 0.15) is 0 Å². The Labute approximate surface area is 107 Å². The number of hydrogen-bond acceptors (Lipinski definition) is 3. The zero-order valence-electron chi connectivity index (χ0n) is 9.98. The lowest BCUT2D eigenvalue weighted by Gasteiger charge is -2.22. The van der Waals surface area contributed by atoms with E-state index >= 15 is 0 Å². The third kappa shape index (κ3) is 3.96. The van der Waals surface area contributed by atoms with Crippen molar-refractivity contribution in [1.29, 1.82) is 5.26 Å². The zero-order valence-corrected chi connectivity index (χ0v) is 9.98. The average molecular weight is 272 g/mol. The predicted molar refractivity (Wildman–Crippen MR) is 60.2 cm³/mol. The second kappa shape index (κ2) is 5.71. The normalized spacial score (nSPS) is 12.6. The number of nitrogens with zero attached hydrogens (tertiary/aromatic N) is 2. The van der Waals surface area contributed by atoms with Crippen LogP contribution in [0.5, 0.6) is 0 Å². The molecule has 1 atom stereocenters. The van der Waals surface area contributed by atoms with E-state index in [1.165, 1.54) is 24.3 Å². The van der Waals surface area contributed by atoms with Crippen LogP contribution in [0.2, 0.25) is 0 Å². The van der Waals surface area contributed by atoms with Crippen LogP contribution in [0.4, 0.5) is 13.2 Å². The first-order valence-corrected chi connectivity index (χ1v) is 5.26. The summed E-state index contributed by atoms with van der Waals surface area (Å²) in [7, 11) is 1.15. The van der Waals surface area contributed by atoms with Crippen LogP contribution >= 0.6 is 0 Å². The molecule has 0 unspecified atom stereocenters. The number of rotatable bonds is 3. The first-order chi connectivity index (χ1) is 8.75. The van der Waals surface area contributed by atoms with E-state index in [0.29, 0.717) is 0 Å². The number of aliphatic hydroxyl groups excluding tert-OH is 1. The Hall–Kier alpha value is -2.07. The number of amides is 1. The molecule has 1 amide bonds. The summed E-state index contributed by atoms with van der Waals surface area (Å²) >= 11 is 0. The predicted octanol–water partition coefficient (Wildman–Crippen LogP) is 1.55. The fourth-order valence-electron chi connectivity index (χ4n) is 1.39. The molecule has 0 radical (unpaired) electrons. The van der Waals surface area contributed by atoms with Crippen molar-refractivity contribution in [3.63, 3.8) is 0 Å². The number of benzene rings is 1. The molecule has 0 saturated carbocycles. The largest absolute Gasteiger partial charge is 0.416 e. The van der Waals surface area contributed by atoms with Gasteiger partial charge in [-0.05, 0) is 18.2 Å². The number of carbonyl (C=O) groups excluding carboxylic acids is 1. The van der Waals surface area contributed by atoms with Gasteiger partial charge in [-0.3, -0.25) is 4.79 Å². The van der Waals surface area contributed by atoms with Gasteiger partial charge in [-0.2, -0.15) is 18.4 Å². The molecule has 4 nitrogen and oxygen atoms in total. The minimum atomic E-state index is -4.77. The Kier molecular flexibility index (Phi) is 4.51. The molecule has 1 rings (SSSR count). The number of halogens is 3. The molecule has 1 aromatic rings. The Balaban J connectivity index is 2.80. The highest BCUT2D eigenvalue weighted by Crippen LogP contribution is 2.20. The van der Waals surface area contributed by atoms with Gasteiger partial charge < -0.3 is 10.0 Å². The molecule has 0 saturated heterocycles. The lowest BCUT2D eigenvalue weighted by atomic mass is 10.1. The molecule has 0 aromatic heterocycles. The third-order valence-electron chi connectivity index (χ3n) is 2.41. The molecule has 0 aliphatic heterocycles.